The van der Waals surface area contributed by atoms with Gasteiger partial charge in [0, 0.05) is 12.4 Å². The van der Waals surface area contributed by atoms with Crippen molar-refractivity contribution in [1.29, 1.82) is 0 Å². The van der Waals surface area contributed by atoms with Gasteiger partial charge < -0.3 is 15.4 Å². The molecule has 0 radical (unpaired) electrons. The zero-order valence-electron chi connectivity index (χ0n) is 14.2. The summed E-state index contributed by atoms with van der Waals surface area (Å²) in [6.45, 7) is 9.20. The second-order valence-electron chi connectivity index (χ2n) is 6.77. The number of aromatic nitrogens is 2. The largest absolute Gasteiger partial charge is 0.344 e. The SMILES string of the molecule is CC(C)[C@H](NC(=O)c1cnccn1)C(=O)NC(C=O)C(C)(C)C. The molecule has 0 aromatic carbocycles. The molecule has 1 heterocycles. The van der Waals surface area contributed by atoms with Gasteiger partial charge in [0.2, 0.25) is 5.91 Å². The van der Waals surface area contributed by atoms with E-state index in [0.29, 0.717) is 6.29 Å². The summed E-state index contributed by atoms with van der Waals surface area (Å²) < 4.78 is 0. The molecule has 0 aliphatic heterocycles. The molecule has 0 saturated heterocycles. The van der Waals surface area contributed by atoms with Crippen molar-refractivity contribution >= 4 is 18.1 Å². The number of nitrogens with zero attached hydrogens (tertiary/aromatic N) is 2. The van der Waals surface area contributed by atoms with E-state index in [4.69, 9.17) is 0 Å². The van der Waals surface area contributed by atoms with Gasteiger partial charge in [0.25, 0.3) is 5.91 Å². The smallest absolute Gasteiger partial charge is 0.272 e. The normalized spacial score (nSPS) is 14.0. The Hall–Kier alpha value is -2.31. The van der Waals surface area contributed by atoms with Crippen LogP contribution in [0.2, 0.25) is 0 Å². The number of rotatable bonds is 6. The molecule has 1 aromatic heterocycles. The van der Waals surface area contributed by atoms with Crippen LogP contribution in [0.3, 0.4) is 0 Å². The van der Waals surface area contributed by atoms with Gasteiger partial charge in [0.1, 0.15) is 18.0 Å². The van der Waals surface area contributed by atoms with E-state index in [2.05, 4.69) is 20.6 Å². The Morgan fingerprint density at radius 2 is 1.83 bits per heavy atom. The Labute approximate surface area is 136 Å². The fourth-order valence-electron chi connectivity index (χ4n) is 1.86. The Balaban J connectivity index is 2.84. The number of carbonyl (C=O) groups is 3. The van der Waals surface area contributed by atoms with E-state index in [1.807, 2.05) is 34.6 Å². The van der Waals surface area contributed by atoms with Crippen LogP contribution in [0.15, 0.2) is 18.6 Å². The maximum Gasteiger partial charge on any atom is 0.272 e. The number of hydrogen-bond donors (Lipinski definition) is 2. The van der Waals surface area contributed by atoms with Gasteiger partial charge >= 0.3 is 0 Å². The summed E-state index contributed by atoms with van der Waals surface area (Å²) in [7, 11) is 0. The first-order chi connectivity index (χ1) is 10.7. The molecule has 0 aliphatic rings. The summed E-state index contributed by atoms with van der Waals surface area (Å²) in [5, 5.41) is 5.33. The fourth-order valence-corrected chi connectivity index (χ4v) is 1.86. The highest BCUT2D eigenvalue weighted by Gasteiger charge is 2.31. The number of carbonyl (C=O) groups excluding carboxylic acids is 3. The summed E-state index contributed by atoms with van der Waals surface area (Å²) in [4.78, 5) is 43.5. The molecule has 1 unspecified atom stereocenters. The highest BCUT2D eigenvalue weighted by molar-refractivity contribution is 5.96. The van der Waals surface area contributed by atoms with Crippen LogP contribution in [0.5, 0.6) is 0 Å². The van der Waals surface area contributed by atoms with Crippen LogP contribution < -0.4 is 10.6 Å². The summed E-state index contributed by atoms with van der Waals surface area (Å²) in [6.07, 6.45) is 4.90. The van der Waals surface area contributed by atoms with E-state index in [0.717, 1.165) is 0 Å². The summed E-state index contributed by atoms with van der Waals surface area (Å²) in [5.41, 5.74) is -0.276. The third kappa shape index (κ3) is 5.43. The molecule has 0 bridgehead atoms. The first-order valence-corrected chi connectivity index (χ1v) is 7.49. The summed E-state index contributed by atoms with van der Waals surface area (Å²) in [5.74, 6) is -1.03. The van der Waals surface area contributed by atoms with Crippen molar-refractivity contribution in [2.24, 2.45) is 11.3 Å². The first kappa shape index (κ1) is 18.7. The van der Waals surface area contributed by atoms with Gasteiger partial charge in [-0.25, -0.2) is 4.98 Å². The number of aldehydes is 1. The van der Waals surface area contributed by atoms with Gasteiger partial charge in [-0.1, -0.05) is 34.6 Å². The van der Waals surface area contributed by atoms with Crippen molar-refractivity contribution < 1.29 is 14.4 Å². The Morgan fingerprint density at radius 3 is 2.26 bits per heavy atom. The quantitative estimate of drug-likeness (QED) is 0.760. The molecule has 0 saturated carbocycles. The molecule has 0 spiro atoms. The van der Waals surface area contributed by atoms with Gasteiger partial charge in [-0.2, -0.15) is 0 Å². The van der Waals surface area contributed by atoms with Crippen molar-refractivity contribution in [2.75, 3.05) is 0 Å². The summed E-state index contributed by atoms with van der Waals surface area (Å²) in [6, 6.07) is -1.40. The minimum absolute atomic E-state index is 0.133. The Bertz CT molecular complexity index is 552. The van der Waals surface area contributed by atoms with E-state index in [1.165, 1.54) is 18.6 Å². The number of nitrogens with one attached hydrogen (secondary N) is 2. The zero-order chi connectivity index (χ0) is 17.6. The fraction of sp³-hybridized carbons (Fsp3) is 0.562. The van der Waals surface area contributed by atoms with E-state index >= 15 is 0 Å². The molecule has 7 heteroatoms. The van der Waals surface area contributed by atoms with E-state index in [-0.39, 0.29) is 11.6 Å². The molecule has 0 aliphatic carbocycles. The van der Waals surface area contributed by atoms with Gasteiger partial charge in [-0.3, -0.25) is 14.6 Å². The van der Waals surface area contributed by atoms with Gasteiger partial charge in [-0.15, -0.1) is 0 Å². The molecule has 23 heavy (non-hydrogen) atoms. The molecule has 2 amide bonds. The number of hydrogen-bond acceptors (Lipinski definition) is 5. The molecule has 2 N–H and O–H groups in total. The van der Waals surface area contributed by atoms with Gasteiger partial charge in [-0.05, 0) is 11.3 Å². The molecule has 1 rings (SSSR count). The highest BCUT2D eigenvalue weighted by atomic mass is 16.2. The predicted octanol–water partition coefficient (Wildman–Crippen LogP) is 0.961. The first-order valence-electron chi connectivity index (χ1n) is 7.49. The Kier molecular flexibility index (Phi) is 6.36. The van der Waals surface area contributed by atoms with E-state index in [1.54, 1.807) is 0 Å². The topological polar surface area (TPSA) is 101 Å². The molecule has 1 aromatic rings. The molecule has 0 fully saturated rings. The lowest BCUT2D eigenvalue weighted by atomic mass is 9.87. The average molecular weight is 320 g/mol. The Morgan fingerprint density at radius 1 is 1.17 bits per heavy atom. The van der Waals surface area contributed by atoms with E-state index in [9.17, 15) is 14.4 Å². The lowest BCUT2D eigenvalue weighted by Gasteiger charge is -2.29. The van der Waals surface area contributed by atoms with Crippen LogP contribution in [-0.4, -0.2) is 40.2 Å². The predicted molar refractivity (Wildman–Crippen MR) is 85.6 cm³/mol. The summed E-state index contributed by atoms with van der Waals surface area (Å²) >= 11 is 0. The lowest BCUT2D eigenvalue weighted by molar-refractivity contribution is -0.127. The van der Waals surface area contributed by atoms with Crippen molar-refractivity contribution in [2.45, 2.75) is 46.7 Å². The molecule has 2 atom stereocenters. The zero-order valence-corrected chi connectivity index (χ0v) is 14.2. The van der Waals surface area contributed by atoms with Crippen LogP contribution in [0.4, 0.5) is 0 Å². The molecule has 7 nitrogen and oxygen atoms in total. The average Bonchev–Trinajstić information content (AvgIpc) is 2.49. The highest BCUT2D eigenvalue weighted by Crippen LogP contribution is 2.18. The van der Waals surface area contributed by atoms with Gasteiger partial charge in [0.05, 0.1) is 12.2 Å². The van der Waals surface area contributed by atoms with Crippen molar-refractivity contribution in [3.63, 3.8) is 0 Å². The van der Waals surface area contributed by atoms with Crippen molar-refractivity contribution in [1.82, 2.24) is 20.6 Å². The minimum Gasteiger partial charge on any atom is -0.344 e. The lowest BCUT2D eigenvalue weighted by Crippen LogP contribution is -2.55. The van der Waals surface area contributed by atoms with Crippen LogP contribution >= 0.6 is 0 Å². The minimum atomic E-state index is -0.769. The van der Waals surface area contributed by atoms with Gasteiger partial charge in [0.15, 0.2) is 0 Å². The molecule has 126 valence electrons. The maximum absolute atomic E-state index is 12.4. The third-order valence-corrected chi connectivity index (χ3v) is 3.40. The van der Waals surface area contributed by atoms with E-state index < -0.39 is 29.3 Å². The van der Waals surface area contributed by atoms with Crippen LogP contribution in [-0.2, 0) is 9.59 Å². The van der Waals surface area contributed by atoms with Crippen LogP contribution in [0.25, 0.3) is 0 Å². The number of amides is 2. The monoisotopic (exact) mass is 320 g/mol. The second kappa shape index (κ2) is 7.80. The van der Waals surface area contributed by atoms with Crippen molar-refractivity contribution in [3.8, 4) is 0 Å². The second-order valence-corrected chi connectivity index (χ2v) is 6.77. The van der Waals surface area contributed by atoms with Crippen LogP contribution in [0.1, 0.15) is 45.1 Å². The molecular weight excluding hydrogens is 296 g/mol. The third-order valence-electron chi connectivity index (χ3n) is 3.40. The maximum atomic E-state index is 12.4. The van der Waals surface area contributed by atoms with Crippen LogP contribution in [0, 0.1) is 11.3 Å². The van der Waals surface area contributed by atoms with Crippen molar-refractivity contribution in [3.05, 3.63) is 24.3 Å². The standard InChI is InChI=1S/C16H24N4O3/c1-10(2)13(15(23)19-12(9-21)16(3,4)5)20-14(22)11-8-17-6-7-18-11/h6-10,12-13H,1-5H3,(H,19,23)(H,20,22)/t12?,13-/m0/s1. The molecular formula is C16H24N4O3.